The van der Waals surface area contributed by atoms with E-state index >= 15 is 0 Å². The minimum absolute atomic E-state index is 0.0164. The molecule has 2 fully saturated rings. The zero-order valence-corrected chi connectivity index (χ0v) is 20.1. The SMILES string of the molecule is CC(C)(C)[Si](C)(C)OC[C@H]1CCCC[C@H]1C(=O)N1OC[C@H]2COc3ccccc3[C@H]21. The van der Waals surface area contributed by atoms with Crippen molar-refractivity contribution in [2.45, 2.75) is 70.6 Å². The Morgan fingerprint density at radius 2 is 1.90 bits per heavy atom. The lowest BCUT2D eigenvalue weighted by Crippen LogP contribution is -2.45. The highest BCUT2D eigenvalue weighted by molar-refractivity contribution is 6.74. The minimum atomic E-state index is -1.83. The summed E-state index contributed by atoms with van der Waals surface area (Å²) in [4.78, 5) is 19.7. The van der Waals surface area contributed by atoms with Crippen molar-refractivity contribution in [3.63, 3.8) is 0 Å². The van der Waals surface area contributed by atoms with Crippen LogP contribution in [0.4, 0.5) is 0 Å². The fourth-order valence-corrected chi connectivity index (χ4v) is 5.80. The summed E-state index contributed by atoms with van der Waals surface area (Å²) in [6, 6.07) is 8.02. The Morgan fingerprint density at radius 3 is 2.67 bits per heavy atom. The number of carbonyl (C=O) groups is 1. The molecule has 0 unspecified atom stereocenters. The number of amides is 1. The highest BCUT2D eigenvalue weighted by Crippen LogP contribution is 2.45. The van der Waals surface area contributed by atoms with Crippen LogP contribution in [0.25, 0.3) is 0 Å². The fraction of sp³-hybridized carbons (Fsp3) is 0.708. The number of benzene rings is 1. The van der Waals surface area contributed by atoms with Crippen LogP contribution in [0.2, 0.25) is 18.1 Å². The number of ether oxygens (including phenoxy) is 1. The molecule has 0 spiro atoms. The number of nitrogens with zero attached hydrogens (tertiary/aromatic N) is 1. The van der Waals surface area contributed by atoms with Gasteiger partial charge in [-0.15, -0.1) is 0 Å². The van der Waals surface area contributed by atoms with E-state index in [0.717, 1.165) is 30.6 Å². The van der Waals surface area contributed by atoms with E-state index in [9.17, 15) is 4.79 Å². The van der Waals surface area contributed by atoms with E-state index < -0.39 is 8.32 Å². The van der Waals surface area contributed by atoms with Gasteiger partial charge < -0.3 is 9.16 Å². The zero-order valence-electron chi connectivity index (χ0n) is 19.1. The lowest BCUT2D eigenvalue weighted by molar-refractivity contribution is -0.185. The Morgan fingerprint density at radius 1 is 1.17 bits per heavy atom. The van der Waals surface area contributed by atoms with Crippen molar-refractivity contribution in [1.82, 2.24) is 5.06 Å². The Labute approximate surface area is 182 Å². The van der Waals surface area contributed by atoms with Crippen molar-refractivity contribution < 1.29 is 18.8 Å². The molecule has 2 heterocycles. The molecule has 4 atom stereocenters. The maximum Gasteiger partial charge on any atom is 0.250 e. The van der Waals surface area contributed by atoms with Gasteiger partial charge in [-0.25, -0.2) is 5.06 Å². The van der Waals surface area contributed by atoms with Gasteiger partial charge in [-0.05, 0) is 43.0 Å². The van der Waals surface area contributed by atoms with Crippen LogP contribution in [-0.4, -0.2) is 39.1 Å². The van der Waals surface area contributed by atoms with Gasteiger partial charge in [0, 0.05) is 24.0 Å². The average Bonchev–Trinajstić information content (AvgIpc) is 3.16. The quantitative estimate of drug-likeness (QED) is 0.604. The normalized spacial score (nSPS) is 29.2. The third kappa shape index (κ3) is 4.06. The number of hydrogen-bond donors (Lipinski definition) is 0. The topological polar surface area (TPSA) is 48.0 Å². The Kier molecular flexibility index (Phi) is 6.03. The third-order valence-electron chi connectivity index (χ3n) is 7.73. The van der Waals surface area contributed by atoms with Gasteiger partial charge in [0.1, 0.15) is 5.75 Å². The highest BCUT2D eigenvalue weighted by Gasteiger charge is 2.47. The molecule has 0 bridgehead atoms. The first kappa shape index (κ1) is 21.8. The number of fused-ring (bicyclic) bond motifs is 3. The summed E-state index contributed by atoms with van der Waals surface area (Å²) in [6.07, 6.45) is 4.28. The molecular weight excluding hydrogens is 394 g/mol. The number of para-hydroxylation sites is 1. The molecule has 6 heteroatoms. The lowest BCUT2D eigenvalue weighted by Gasteiger charge is -2.40. The van der Waals surface area contributed by atoms with Crippen LogP contribution in [0, 0.1) is 17.8 Å². The molecule has 1 aliphatic carbocycles. The molecule has 166 valence electrons. The number of hydrogen-bond acceptors (Lipinski definition) is 4. The molecule has 1 aromatic carbocycles. The first-order valence-corrected chi connectivity index (χ1v) is 14.4. The molecule has 30 heavy (non-hydrogen) atoms. The maximum atomic E-state index is 13.7. The molecule has 0 aromatic heterocycles. The van der Waals surface area contributed by atoms with Crippen molar-refractivity contribution in [1.29, 1.82) is 0 Å². The fourth-order valence-electron chi connectivity index (χ4n) is 4.74. The largest absolute Gasteiger partial charge is 0.493 e. The Bertz CT molecular complexity index is 775. The molecule has 4 rings (SSSR count). The van der Waals surface area contributed by atoms with Crippen molar-refractivity contribution >= 4 is 14.2 Å². The van der Waals surface area contributed by atoms with E-state index in [0.29, 0.717) is 19.8 Å². The first-order valence-electron chi connectivity index (χ1n) is 11.5. The van der Waals surface area contributed by atoms with Gasteiger partial charge in [0.2, 0.25) is 5.91 Å². The van der Waals surface area contributed by atoms with Crippen LogP contribution < -0.4 is 4.74 Å². The van der Waals surface area contributed by atoms with E-state index in [1.807, 2.05) is 18.2 Å². The second-order valence-electron chi connectivity index (χ2n) is 10.7. The van der Waals surface area contributed by atoms with Crippen molar-refractivity contribution in [2.24, 2.45) is 17.8 Å². The molecule has 1 saturated heterocycles. The van der Waals surface area contributed by atoms with E-state index in [1.54, 1.807) is 5.06 Å². The van der Waals surface area contributed by atoms with E-state index in [-0.39, 0.29) is 34.7 Å². The molecule has 0 N–H and O–H groups in total. The molecule has 1 aromatic rings. The van der Waals surface area contributed by atoms with E-state index in [4.69, 9.17) is 14.0 Å². The number of hydroxylamine groups is 2. The summed E-state index contributed by atoms with van der Waals surface area (Å²) < 4.78 is 12.5. The second kappa shape index (κ2) is 8.28. The summed E-state index contributed by atoms with van der Waals surface area (Å²) in [5.74, 6) is 1.48. The van der Waals surface area contributed by atoms with Gasteiger partial charge in [-0.1, -0.05) is 51.8 Å². The van der Waals surface area contributed by atoms with Crippen LogP contribution in [0.15, 0.2) is 24.3 Å². The summed E-state index contributed by atoms with van der Waals surface area (Å²) >= 11 is 0. The lowest BCUT2D eigenvalue weighted by atomic mass is 9.78. The maximum absolute atomic E-state index is 13.7. The number of carbonyl (C=O) groups excluding carboxylic acids is 1. The Hall–Kier alpha value is -1.37. The summed E-state index contributed by atoms with van der Waals surface area (Å²) in [6.45, 7) is 13.2. The van der Waals surface area contributed by atoms with Crippen LogP contribution >= 0.6 is 0 Å². The smallest absolute Gasteiger partial charge is 0.250 e. The van der Waals surface area contributed by atoms with Crippen LogP contribution in [-0.2, 0) is 14.1 Å². The van der Waals surface area contributed by atoms with Crippen molar-refractivity contribution in [3.8, 4) is 5.75 Å². The predicted molar refractivity (Wildman–Crippen MR) is 120 cm³/mol. The molecule has 3 aliphatic rings. The summed E-state index contributed by atoms with van der Waals surface area (Å²) in [5, 5.41) is 1.87. The van der Waals surface area contributed by atoms with E-state index in [2.05, 4.69) is 39.9 Å². The average molecular weight is 432 g/mol. The monoisotopic (exact) mass is 431 g/mol. The van der Waals surface area contributed by atoms with Crippen LogP contribution in [0.5, 0.6) is 5.75 Å². The van der Waals surface area contributed by atoms with Gasteiger partial charge in [-0.2, -0.15) is 0 Å². The third-order valence-corrected chi connectivity index (χ3v) is 12.2. The highest BCUT2D eigenvalue weighted by atomic mass is 28.4. The zero-order chi connectivity index (χ0) is 21.5. The summed E-state index contributed by atoms with van der Waals surface area (Å²) in [5.41, 5.74) is 1.07. The Balaban J connectivity index is 1.50. The molecular formula is C24H37NO4Si. The van der Waals surface area contributed by atoms with Gasteiger partial charge >= 0.3 is 0 Å². The number of rotatable bonds is 4. The van der Waals surface area contributed by atoms with Crippen LogP contribution in [0.3, 0.4) is 0 Å². The van der Waals surface area contributed by atoms with Gasteiger partial charge in [-0.3, -0.25) is 9.63 Å². The van der Waals surface area contributed by atoms with Crippen molar-refractivity contribution in [2.75, 3.05) is 19.8 Å². The van der Waals surface area contributed by atoms with Crippen LogP contribution in [0.1, 0.15) is 58.1 Å². The van der Waals surface area contributed by atoms with Crippen molar-refractivity contribution in [3.05, 3.63) is 29.8 Å². The van der Waals surface area contributed by atoms with Gasteiger partial charge in [0.15, 0.2) is 8.32 Å². The standard InChI is InChI=1S/C24H37NO4Si/c1-24(2,3)30(4,5)29-16-17-10-6-7-11-19(17)23(26)25-22-18(15-28-25)14-27-21-13-9-8-12-20(21)22/h8-9,12-13,17-19,22H,6-7,10-11,14-16H2,1-5H3/t17-,18-,19-,22+/m1/s1. The molecule has 5 nitrogen and oxygen atoms in total. The predicted octanol–water partition coefficient (Wildman–Crippen LogP) is 5.34. The molecule has 1 saturated carbocycles. The van der Waals surface area contributed by atoms with E-state index in [1.165, 1.54) is 6.42 Å². The van der Waals surface area contributed by atoms with Gasteiger partial charge in [0.05, 0.1) is 19.3 Å². The molecule has 0 radical (unpaired) electrons. The first-order chi connectivity index (χ1) is 14.2. The molecule has 1 amide bonds. The summed E-state index contributed by atoms with van der Waals surface area (Å²) in [7, 11) is -1.83. The van der Waals surface area contributed by atoms with Gasteiger partial charge in [0.25, 0.3) is 0 Å². The second-order valence-corrected chi connectivity index (χ2v) is 15.5. The molecule has 2 aliphatic heterocycles. The minimum Gasteiger partial charge on any atom is -0.493 e.